The van der Waals surface area contributed by atoms with Crippen LogP contribution in [0.4, 0.5) is 0 Å². The van der Waals surface area contributed by atoms with Crippen molar-refractivity contribution in [3.63, 3.8) is 0 Å². The fraction of sp³-hybridized carbons (Fsp3) is 0.533. The summed E-state index contributed by atoms with van der Waals surface area (Å²) in [6.45, 7) is 7.13. The maximum atomic E-state index is 11.3. The normalized spacial score (nSPS) is 12.4. The molecule has 1 aromatic rings. The van der Waals surface area contributed by atoms with Crippen molar-refractivity contribution in [2.24, 2.45) is 5.73 Å². The third-order valence-corrected chi connectivity index (χ3v) is 4.19. The van der Waals surface area contributed by atoms with Crippen molar-refractivity contribution in [3.8, 4) is 0 Å². The standard InChI is InChI=1S/C15H24N2OS/c1-4-8-17-13(15(16)18)7-9-19-14-6-5-11(2)10-12(14)3/h5-6,10,13,17H,4,7-9H2,1-3H3,(H2,16,18). The monoisotopic (exact) mass is 280 g/mol. The van der Waals surface area contributed by atoms with Crippen molar-refractivity contribution < 1.29 is 4.79 Å². The van der Waals surface area contributed by atoms with Crippen molar-refractivity contribution in [3.05, 3.63) is 29.3 Å². The summed E-state index contributed by atoms with van der Waals surface area (Å²) in [5.74, 6) is 0.642. The van der Waals surface area contributed by atoms with E-state index in [-0.39, 0.29) is 11.9 Å². The summed E-state index contributed by atoms with van der Waals surface area (Å²) in [6, 6.07) is 6.24. The number of amides is 1. The molecule has 19 heavy (non-hydrogen) atoms. The van der Waals surface area contributed by atoms with Crippen LogP contribution in [0.2, 0.25) is 0 Å². The molecule has 1 amide bonds. The number of rotatable bonds is 8. The zero-order valence-corrected chi connectivity index (χ0v) is 12.8. The lowest BCUT2D eigenvalue weighted by molar-refractivity contribution is -0.120. The second-order valence-electron chi connectivity index (χ2n) is 4.82. The van der Waals surface area contributed by atoms with Crippen molar-refractivity contribution in [2.45, 2.75) is 44.6 Å². The van der Waals surface area contributed by atoms with E-state index in [1.807, 2.05) is 0 Å². The highest BCUT2D eigenvalue weighted by atomic mass is 32.2. The molecule has 106 valence electrons. The van der Waals surface area contributed by atoms with E-state index in [4.69, 9.17) is 5.73 Å². The highest BCUT2D eigenvalue weighted by Crippen LogP contribution is 2.24. The van der Waals surface area contributed by atoms with Gasteiger partial charge in [-0.1, -0.05) is 24.6 Å². The smallest absolute Gasteiger partial charge is 0.234 e. The maximum Gasteiger partial charge on any atom is 0.234 e. The summed E-state index contributed by atoms with van der Waals surface area (Å²) >= 11 is 1.79. The molecule has 0 heterocycles. The van der Waals surface area contributed by atoms with E-state index in [0.717, 1.165) is 25.1 Å². The van der Waals surface area contributed by atoms with E-state index in [0.29, 0.717) is 0 Å². The highest BCUT2D eigenvalue weighted by molar-refractivity contribution is 7.99. The van der Waals surface area contributed by atoms with Crippen LogP contribution >= 0.6 is 11.8 Å². The van der Waals surface area contributed by atoms with Gasteiger partial charge in [-0.15, -0.1) is 11.8 Å². The van der Waals surface area contributed by atoms with Gasteiger partial charge in [-0.05, 0) is 44.9 Å². The minimum absolute atomic E-state index is 0.210. The lowest BCUT2D eigenvalue weighted by Gasteiger charge is -2.15. The predicted molar refractivity (Wildman–Crippen MR) is 82.5 cm³/mol. The van der Waals surface area contributed by atoms with Crippen molar-refractivity contribution in [1.29, 1.82) is 0 Å². The van der Waals surface area contributed by atoms with Crippen LogP contribution in [0.1, 0.15) is 30.9 Å². The van der Waals surface area contributed by atoms with Gasteiger partial charge in [-0.3, -0.25) is 4.79 Å². The van der Waals surface area contributed by atoms with Gasteiger partial charge in [0.25, 0.3) is 0 Å². The number of nitrogens with two attached hydrogens (primary N) is 1. The molecule has 0 radical (unpaired) electrons. The second kappa shape index (κ2) is 8.23. The van der Waals surface area contributed by atoms with Crippen LogP contribution in [0, 0.1) is 13.8 Å². The molecule has 1 rings (SSSR count). The molecule has 3 nitrogen and oxygen atoms in total. The number of carbonyl (C=O) groups excluding carboxylic acids is 1. The molecular weight excluding hydrogens is 256 g/mol. The number of hydrogen-bond donors (Lipinski definition) is 2. The second-order valence-corrected chi connectivity index (χ2v) is 5.95. The van der Waals surface area contributed by atoms with Crippen LogP contribution in [-0.2, 0) is 4.79 Å². The molecular formula is C15H24N2OS. The van der Waals surface area contributed by atoms with Crippen LogP contribution in [0.3, 0.4) is 0 Å². The lowest BCUT2D eigenvalue weighted by Crippen LogP contribution is -2.41. The Labute approximate surface area is 120 Å². The van der Waals surface area contributed by atoms with Gasteiger partial charge in [0.05, 0.1) is 6.04 Å². The first-order valence-corrected chi connectivity index (χ1v) is 7.76. The average molecular weight is 280 g/mol. The van der Waals surface area contributed by atoms with E-state index in [1.54, 1.807) is 11.8 Å². The van der Waals surface area contributed by atoms with E-state index in [2.05, 4.69) is 44.3 Å². The van der Waals surface area contributed by atoms with Gasteiger partial charge >= 0.3 is 0 Å². The Kier molecular flexibility index (Phi) is 6.95. The highest BCUT2D eigenvalue weighted by Gasteiger charge is 2.13. The zero-order chi connectivity index (χ0) is 14.3. The Balaban J connectivity index is 2.45. The van der Waals surface area contributed by atoms with Crippen molar-refractivity contribution in [2.75, 3.05) is 12.3 Å². The van der Waals surface area contributed by atoms with Gasteiger partial charge in [0.2, 0.25) is 5.91 Å². The van der Waals surface area contributed by atoms with Gasteiger partial charge in [0.1, 0.15) is 0 Å². The molecule has 3 N–H and O–H groups in total. The molecule has 0 aliphatic rings. The van der Waals surface area contributed by atoms with Crippen molar-refractivity contribution in [1.82, 2.24) is 5.32 Å². The van der Waals surface area contributed by atoms with E-state index in [9.17, 15) is 4.79 Å². The van der Waals surface area contributed by atoms with Crippen molar-refractivity contribution >= 4 is 17.7 Å². The minimum Gasteiger partial charge on any atom is -0.368 e. The van der Waals surface area contributed by atoms with Gasteiger partial charge in [-0.2, -0.15) is 0 Å². The summed E-state index contributed by atoms with van der Waals surface area (Å²) in [6.07, 6.45) is 1.78. The average Bonchev–Trinajstić information content (AvgIpc) is 2.35. The number of thioether (sulfide) groups is 1. The lowest BCUT2D eigenvalue weighted by atomic mass is 10.2. The molecule has 0 aliphatic heterocycles. The summed E-state index contributed by atoms with van der Waals surface area (Å²) in [4.78, 5) is 12.6. The summed E-state index contributed by atoms with van der Waals surface area (Å²) in [5.41, 5.74) is 7.97. The van der Waals surface area contributed by atoms with Gasteiger partial charge in [0.15, 0.2) is 0 Å². The van der Waals surface area contributed by atoms with Crippen LogP contribution < -0.4 is 11.1 Å². The third kappa shape index (κ3) is 5.66. The molecule has 1 aromatic carbocycles. The number of benzene rings is 1. The minimum atomic E-state index is -0.255. The predicted octanol–water partition coefficient (Wildman–Crippen LogP) is 2.64. The number of primary amides is 1. The Morgan fingerprint density at radius 3 is 2.74 bits per heavy atom. The quantitative estimate of drug-likeness (QED) is 0.720. The van der Waals surface area contributed by atoms with Crippen LogP contribution in [0.5, 0.6) is 0 Å². The number of carbonyl (C=O) groups is 1. The zero-order valence-electron chi connectivity index (χ0n) is 12.0. The first kappa shape index (κ1) is 16.1. The Morgan fingerprint density at radius 2 is 2.16 bits per heavy atom. The van der Waals surface area contributed by atoms with Crippen LogP contribution in [0.15, 0.2) is 23.1 Å². The SMILES string of the molecule is CCCNC(CCSc1ccc(C)cc1C)C(N)=O. The number of aryl methyl sites for hydroxylation is 2. The molecule has 0 spiro atoms. The Bertz CT molecular complexity index is 421. The van der Waals surface area contributed by atoms with Crippen LogP contribution in [0.25, 0.3) is 0 Å². The fourth-order valence-electron chi connectivity index (χ4n) is 1.91. The fourth-order valence-corrected chi connectivity index (χ4v) is 2.94. The number of hydrogen-bond acceptors (Lipinski definition) is 3. The summed E-state index contributed by atoms with van der Waals surface area (Å²) in [5, 5.41) is 3.19. The summed E-state index contributed by atoms with van der Waals surface area (Å²) in [7, 11) is 0. The molecule has 1 atom stereocenters. The molecule has 1 unspecified atom stereocenters. The van der Waals surface area contributed by atoms with Crippen LogP contribution in [-0.4, -0.2) is 24.2 Å². The first-order chi connectivity index (χ1) is 9.04. The molecule has 0 aromatic heterocycles. The van der Waals surface area contributed by atoms with Gasteiger partial charge in [0, 0.05) is 10.6 Å². The summed E-state index contributed by atoms with van der Waals surface area (Å²) < 4.78 is 0. The van der Waals surface area contributed by atoms with Gasteiger partial charge in [-0.25, -0.2) is 0 Å². The first-order valence-electron chi connectivity index (χ1n) is 6.77. The molecule has 0 bridgehead atoms. The molecule has 0 saturated heterocycles. The Morgan fingerprint density at radius 1 is 1.42 bits per heavy atom. The molecule has 0 fully saturated rings. The van der Waals surface area contributed by atoms with E-state index >= 15 is 0 Å². The largest absolute Gasteiger partial charge is 0.368 e. The molecule has 0 aliphatic carbocycles. The van der Waals surface area contributed by atoms with Gasteiger partial charge < -0.3 is 11.1 Å². The maximum absolute atomic E-state index is 11.3. The van der Waals surface area contributed by atoms with E-state index in [1.165, 1.54) is 16.0 Å². The Hall–Kier alpha value is -1.00. The van der Waals surface area contributed by atoms with E-state index < -0.39 is 0 Å². The molecule has 4 heteroatoms. The third-order valence-electron chi connectivity index (χ3n) is 2.98. The molecule has 0 saturated carbocycles. The number of nitrogens with one attached hydrogen (secondary N) is 1. The topological polar surface area (TPSA) is 55.1 Å².